The fourth-order valence-electron chi connectivity index (χ4n) is 1.26. The molecule has 0 aliphatic rings. The number of hydrogen-bond acceptors (Lipinski definition) is 4. The number of phenolic OH excluding ortho intramolecular Hbond substituents is 1. The number of phenols is 1. The van der Waals surface area contributed by atoms with Gasteiger partial charge in [-0.2, -0.15) is 0 Å². The summed E-state index contributed by atoms with van der Waals surface area (Å²) < 4.78 is 5.50. The number of aryl methyl sites for hydroxylation is 1. The number of aromatic hydroxyl groups is 1. The predicted octanol–water partition coefficient (Wildman–Crippen LogP) is 1.61. The Labute approximate surface area is 96.2 Å². The molecule has 0 spiro atoms. The molecule has 15 heavy (non-hydrogen) atoms. The highest BCUT2D eigenvalue weighted by Crippen LogP contribution is 2.37. The third-order valence-electron chi connectivity index (χ3n) is 2.07. The molecule has 0 radical (unpaired) electrons. The minimum atomic E-state index is -0.332. The maximum absolute atomic E-state index is 11.5. The molecule has 0 aliphatic carbocycles. The summed E-state index contributed by atoms with van der Waals surface area (Å²) in [6.07, 6.45) is 0. The van der Waals surface area contributed by atoms with E-state index in [1.54, 1.807) is 13.0 Å². The van der Waals surface area contributed by atoms with Gasteiger partial charge in [0, 0.05) is 4.47 Å². The van der Waals surface area contributed by atoms with Crippen LogP contribution in [0.25, 0.3) is 0 Å². The molecule has 5 heteroatoms. The summed E-state index contributed by atoms with van der Waals surface area (Å²) in [5.74, 6) is -0.237. The van der Waals surface area contributed by atoms with E-state index in [9.17, 15) is 9.90 Å². The van der Waals surface area contributed by atoms with Gasteiger partial charge in [0.1, 0.15) is 0 Å². The average Bonchev–Trinajstić information content (AvgIpc) is 2.23. The molecule has 1 rings (SSSR count). The zero-order chi connectivity index (χ0) is 11.6. The average molecular weight is 274 g/mol. The number of carbonyl (C=O) groups is 1. The van der Waals surface area contributed by atoms with Crippen LogP contribution in [-0.4, -0.2) is 24.5 Å². The molecule has 0 aliphatic heterocycles. The van der Waals surface area contributed by atoms with E-state index in [0.29, 0.717) is 4.47 Å². The molecule has 0 saturated heterocycles. The van der Waals surface area contributed by atoms with Gasteiger partial charge >= 0.3 is 0 Å². The van der Waals surface area contributed by atoms with Gasteiger partial charge < -0.3 is 15.6 Å². The van der Waals surface area contributed by atoms with Crippen LogP contribution in [0.2, 0.25) is 0 Å². The zero-order valence-corrected chi connectivity index (χ0v) is 10.1. The SMILES string of the molecule is COc1cc(C)c(Br)c(C(=O)CN)c1O. The van der Waals surface area contributed by atoms with Crippen molar-refractivity contribution < 1.29 is 14.6 Å². The monoisotopic (exact) mass is 273 g/mol. The standard InChI is InChI=1S/C10H12BrNO3/c1-5-3-7(15-2)10(14)8(9(5)11)6(13)4-12/h3,14H,4,12H2,1-2H3. The van der Waals surface area contributed by atoms with Gasteiger partial charge in [-0.15, -0.1) is 0 Å². The lowest BCUT2D eigenvalue weighted by molar-refractivity contribution is 0.0997. The van der Waals surface area contributed by atoms with Crippen LogP contribution in [0.5, 0.6) is 11.5 Å². The molecule has 0 bridgehead atoms. The maximum atomic E-state index is 11.5. The largest absolute Gasteiger partial charge is 0.504 e. The van der Waals surface area contributed by atoms with Gasteiger partial charge in [-0.3, -0.25) is 4.79 Å². The Balaban J connectivity index is 3.47. The molecule has 0 amide bonds. The molecule has 1 aromatic rings. The second-order valence-corrected chi connectivity index (χ2v) is 3.85. The summed E-state index contributed by atoms with van der Waals surface area (Å²) in [5.41, 5.74) is 6.24. The lowest BCUT2D eigenvalue weighted by Crippen LogP contribution is -2.15. The smallest absolute Gasteiger partial charge is 0.181 e. The first-order valence-electron chi connectivity index (χ1n) is 4.32. The minimum Gasteiger partial charge on any atom is -0.504 e. The summed E-state index contributed by atoms with van der Waals surface area (Å²) in [7, 11) is 1.43. The van der Waals surface area contributed by atoms with Crippen molar-refractivity contribution in [1.82, 2.24) is 0 Å². The van der Waals surface area contributed by atoms with Crippen molar-refractivity contribution in [3.05, 3.63) is 21.7 Å². The Morgan fingerprint density at radius 2 is 2.27 bits per heavy atom. The zero-order valence-electron chi connectivity index (χ0n) is 8.50. The fourth-order valence-corrected chi connectivity index (χ4v) is 1.79. The Morgan fingerprint density at radius 3 is 2.73 bits per heavy atom. The van der Waals surface area contributed by atoms with Crippen LogP contribution in [0.15, 0.2) is 10.5 Å². The third kappa shape index (κ3) is 2.13. The Hall–Kier alpha value is -1.07. The van der Waals surface area contributed by atoms with Gasteiger partial charge in [0.25, 0.3) is 0 Å². The number of methoxy groups -OCH3 is 1. The molecule has 4 nitrogen and oxygen atoms in total. The van der Waals surface area contributed by atoms with Crippen LogP contribution >= 0.6 is 15.9 Å². The van der Waals surface area contributed by atoms with Crippen molar-refractivity contribution in [3.63, 3.8) is 0 Å². The van der Waals surface area contributed by atoms with Crippen molar-refractivity contribution in [2.24, 2.45) is 5.73 Å². The van der Waals surface area contributed by atoms with Gasteiger partial charge in [-0.1, -0.05) is 0 Å². The molecule has 3 N–H and O–H groups in total. The van der Waals surface area contributed by atoms with Crippen LogP contribution in [0.4, 0.5) is 0 Å². The van der Waals surface area contributed by atoms with Gasteiger partial charge in [0.15, 0.2) is 17.3 Å². The van der Waals surface area contributed by atoms with Crippen molar-refractivity contribution >= 4 is 21.7 Å². The maximum Gasteiger partial charge on any atom is 0.181 e. The summed E-state index contributed by atoms with van der Waals surface area (Å²) in [4.78, 5) is 11.5. The summed E-state index contributed by atoms with van der Waals surface area (Å²) in [5, 5.41) is 9.76. The number of rotatable bonds is 3. The Bertz CT molecular complexity index is 404. The summed E-state index contributed by atoms with van der Waals surface area (Å²) >= 11 is 3.24. The molecular weight excluding hydrogens is 262 g/mol. The molecule has 0 unspecified atom stereocenters. The van der Waals surface area contributed by atoms with Crippen molar-refractivity contribution in [2.75, 3.05) is 13.7 Å². The predicted molar refractivity (Wildman–Crippen MR) is 60.5 cm³/mol. The third-order valence-corrected chi connectivity index (χ3v) is 3.09. The van der Waals surface area contributed by atoms with Gasteiger partial charge in [0.05, 0.1) is 19.2 Å². The number of ether oxygens (including phenoxy) is 1. The van der Waals surface area contributed by atoms with Crippen molar-refractivity contribution in [3.8, 4) is 11.5 Å². The normalized spacial score (nSPS) is 10.1. The molecule has 0 saturated carbocycles. The van der Waals surface area contributed by atoms with E-state index in [1.165, 1.54) is 7.11 Å². The molecule has 0 aromatic heterocycles. The number of benzene rings is 1. The number of hydrogen-bond donors (Lipinski definition) is 2. The van der Waals surface area contributed by atoms with Crippen molar-refractivity contribution in [1.29, 1.82) is 0 Å². The fraction of sp³-hybridized carbons (Fsp3) is 0.300. The van der Waals surface area contributed by atoms with Gasteiger partial charge in [-0.25, -0.2) is 0 Å². The number of halogens is 1. The lowest BCUT2D eigenvalue weighted by atomic mass is 10.1. The molecule has 82 valence electrons. The van der Waals surface area contributed by atoms with E-state index >= 15 is 0 Å². The minimum absolute atomic E-state index is 0.154. The van der Waals surface area contributed by atoms with Gasteiger partial charge in [0.2, 0.25) is 0 Å². The lowest BCUT2D eigenvalue weighted by Gasteiger charge is -2.11. The number of nitrogens with two attached hydrogens (primary N) is 1. The summed E-state index contributed by atoms with van der Waals surface area (Å²) in [6, 6.07) is 1.65. The first-order valence-corrected chi connectivity index (χ1v) is 5.11. The highest BCUT2D eigenvalue weighted by Gasteiger charge is 2.19. The second kappa shape index (κ2) is 4.63. The molecule has 0 heterocycles. The van der Waals surface area contributed by atoms with Crippen LogP contribution in [-0.2, 0) is 0 Å². The van der Waals surface area contributed by atoms with E-state index < -0.39 is 0 Å². The highest BCUT2D eigenvalue weighted by atomic mass is 79.9. The highest BCUT2D eigenvalue weighted by molar-refractivity contribution is 9.10. The van der Waals surface area contributed by atoms with Crippen LogP contribution in [0, 0.1) is 6.92 Å². The number of ketones is 1. The second-order valence-electron chi connectivity index (χ2n) is 3.06. The molecule has 1 aromatic carbocycles. The topological polar surface area (TPSA) is 72.5 Å². The van der Waals surface area contributed by atoms with E-state index in [-0.39, 0.29) is 29.4 Å². The van der Waals surface area contributed by atoms with E-state index in [4.69, 9.17) is 10.5 Å². The van der Waals surface area contributed by atoms with Crippen LogP contribution in [0.1, 0.15) is 15.9 Å². The van der Waals surface area contributed by atoms with E-state index in [1.807, 2.05) is 0 Å². The molecule has 0 atom stereocenters. The molecular formula is C10H12BrNO3. The first-order chi connectivity index (χ1) is 7.02. The quantitative estimate of drug-likeness (QED) is 0.821. The number of Topliss-reactive ketones (excluding diaryl/α,β-unsaturated/α-hetero) is 1. The van der Waals surface area contributed by atoms with E-state index in [2.05, 4.69) is 15.9 Å². The van der Waals surface area contributed by atoms with Crippen LogP contribution < -0.4 is 10.5 Å². The number of carbonyl (C=O) groups excluding carboxylic acids is 1. The van der Waals surface area contributed by atoms with Crippen molar-refractivity contribution in [2.45, 2.75) is 6.92 Å². The molecule has 0 fully saturated rings. The van der Waals surface area contributed by atoms with Crippen LogP contribution in [0.3, 0.4) is 0 Å². The Morgan fingerprint density at radius 1 is 1.67 bits per heavy atom. The van der Waals surface area contributed by atoms with Gasteiger partial charge in [-0.05, 0) is 34.5 Å². The first kappa shape index (κ1) is 12.0. The Kier molecular flexibility index (Phi) is 3.71. The summed E-state index contributed by atoms with van der Waals surface area (Å²) in [6.45, 7) is 1.65. The van der Waals surface area contributed by atoms with E-state index in [0.717, 1.165) is 5.56 Å².